The number of hydrogen-bond donors (Lipinski definition) is 0. The van der Waals surface area contributed by atoms with Crippen molar-refractivity contribution in [2.45, 2.75) is 38.2 Å². The number of rotatable bonds is 3. The molecule has 29 heavy (non-hydrogen) atoms. The second-order valence-corrected chi connectivity index (χ2v) is 7.75. The van der Waals surface area contributed by atoms with Crippen LogP contribution in [0.25, 0.3) is 11.0 Å². The Morgan fingerprint density at radius 2 is 2.03 bits per heavy atom. The van der Waals surface area contributed by atoms with Crippen LogP contribution in [-0.4, -0.2) is 34.4 Å². The van der Waals surface area contributed by atoms with Gasteiger partial charge >= 0.3 is 0 Å². The van der Waals surface area contributed by atoms with Crippen molar-refractivity contribution < 1.29 is 14.2 Å². The zero-order valence-corrected chi connectivity index (χ0v) is 16.5. The third kappa shape index (κ3) is 3.07. The average molecular weight is 389 g/mol. The Morgan fingerprint density at radius 1 is 1.21 bits per heavy atom. The summed E-state index contributed by atoms with van der Waals surface area (Å²) in [4.78, 5) is 8.83. The topological polar surface area (TPSA) is 58.4 Å². The molecule has 3 aromatic rings. The fourth-order valence-corrected chi connectivity index (χ4v) is 4.60. The van der Waals surface area contributed by atoms with Crippen LogP contribution in [0.3, 0.4) is 0 Å². The van der Waals surface area contributed by atoms with Gasteiger partial charge in [0.15, 0.2) is 6.29 Å². The molecule has 0 bridgehead atoms. The van der Waals surface area contributed by atoms with Gasteiger partial charge in [-0.2, -0.15) is 0 Å². The molecule has 1 saturated carbocycles. The minimum Gasteiger partial charge on any atom is -0.497 e. The molecule has 1 aliphatic heterocycles. The first kappa shape index (κ1) is 18.2. The third-order valence-corrected chi connectivity index (χ3v) is 6.10. The average Bonchev–Trinajstić information content (AvgIpc) is 3.35. The van der Waals surface area contributed by atoms with Gasteiger partial charge in [-0.1, -0.05) is 18.1 Å². The number of aromatic nitrogens is 3. The maximum Gasteiger partial charge on any atom is 0.184 e. The highest BCUT2D eigenvalue weighted by molar-refractivity contribution is 5.85. The largest absolute Gasteiger partial charge is 0.497 e. The number of aryl methyl sites for hydroxylation is 1. The van der Waals surface area contributed by atoms with Gasteiger partial charge in [0.1, 0.15) is 17.7 Å². The lowest BCUT2D eigenvalue weighted by Crippen LogP contribution is -2.32. The summed E-state index contributed by atoms with van der Waals surface area (Å²) in [5.74, 6) is 3.98. The lowest BCUT2D eigenvalue weighted by atomic mass is 10.1. The molecule has 3 heterocycles. The van der Waals surface area contributed by atoms with Crippen molar-refractivity contribution in [2.24, 2.45) is 5.92 Å². The van der Waals surface area contributed by atoms with E-state index in [2.05, 4.69) is 20.5 Å². The fourth-order valence-electron chi connectivity index (χ4n) is 4.60. The molecule has 1 aliphatic carbocycles. The van der Waals surface area contributed by atoms with Crippen molar-refractivity contribution in [3.8, 4) is 18.1 Å². The Balaban J connectivity index is 1.38. The van der Waals surface area contributed by atoms with E-state index in [1.165, 1.54) is 0 Å². The first-order valence-electron chi connectivity index (χ1n) is 9.87. The molecule has 1 aromatic carbocycles. The second-order valence-electron chi connectivity index (χ2n) is 7.75. The van der Waals surface area contributed by atoms with E-state index in [9.17, 15) is 0 Å². The summed E-state index contributed by atoms with van der Waals surface area (Å²) in [6.07, 6.45) is 11.1. The van der Waals surface area contributed by atoms with E-state index in [1.807, 2.05) is 37.4 Å². The van der Waals surface area contributed by atoms with E-state index >= 15 is 0 Å². The van der Waals surface area contributed by atoms with E-state index in [4.69, 9.17) is 20.6 Å². The second kappa shape index (κ2) is 7.18. The molecular weight excluding hydrogens is 366 g/mol. The van der Waals surface area contributed by atoms with Gasteiger partial charge in [0, 0.05) is 23.7 Å². The summed E-state index contributed by atoms with van der Waals surface area (Å²) >= 11 is 0. The Labute approximate surface area is 169 Å². The Bertz CT molecular complexity index is 1080. The number of benzene rings is 1. The van der Waals surface area contributed by atoms with Crippen LogP contribution in [0.2, 0.25) is 0 Å². The molecule has 0 amide bonds. The summed E-state index contributed by atoms with van der Waals surface area (Å²) in [5.41, 5.74) is 3.68. The molecule has 148 valence electrons. The number of fused-ring (bicyclic) bond motifs is 2. The van der Waals surface area contributed by atoms with Crippen LogP contribution in [0.4, 0.5) is 0 Å². The molecule has 2 aromatic heterocycles. The van der Waals surface area contributed by atoms with Crippen molar-refractivity contribution in [2.75, 3.05) is 13.7 Å². The standard InChI is InChI=1S/C23H23N3O3/c1-4-15-11-26(22-21(15)14(2)24-13-25-22)18-9-17-12-28-23(29-20(17)10-18)16-5-7-19(27-3)8-6-16/h1,5-8,11,13,17-18,20,23H,9-10,12H2,2-3H3/t17-,18+,20-,23?/m0/s1. The van der Waals surface area contributed by atoms with Gasteiger partial charge < -0.3 is 18.8 Å². The molecule has 1 saturated heterocycles. The normalized spacial score (nSPS) is 26.2. The lowest BCUT2D eigenvalue weighted by molar-refractivity contribution is -0.233. The van der Waals surface area contributed by atoms with Crippen molar-refractivity contribution in [3.63, 3.8) is 0 Å². The van der Waals surface area contributed by atoms with Gasteiger partial charge in [0.2, 0.25) is 0 Å². The van der Waals surface area contributed by atoms with E-state index in [0.717, 1.165) is 46.4 Å². The van der Waals surface area contributed by atoms with Crippen molar-refractivity contribution >= 4 is 11.0 Å². The fraction of sp³-hybridized carbons (Fsp3) is 0.391. The van der Waals surface area contributed by atoms with Gasteiger partial charge in [-0.15, -0.1) is 6.42 Å². The van der Waals surface area contributed by atoms with Crippen LogP contribution in [-0.2, 0) is 9.47 Å². The maximum atomic E-state index is 6.34. The van der Waals surface area contributed by atoms with Crippen LogP contribution < -0.4 is 4.74 Å². The Kier molecular flexibility index (Phi) is 4.50. The molecule has 4 atom stereocenters. The van der Waals surface area contributed by atoms with E-state index in [-0.39, 0.29) is 18.4 Å². The summed E-state index contributed by atoms with van der Waals surface area (Å²) in [7, 11) is 1.66. The Hall–Kier alpha value is -2.88. The van der Waals surface area contributed by atoms with Gasteiger partial charge in [-0.05, 0) is 31.9 Å². The zero-order chi connectivity index (χ0) is 20.0. The summed E-state index contributed by atoms with van der Waals surface area (Å²) in [5, 5.41) is 0.971. The molecular formula is C23H23N3O3. The first-order chi connectivity index (χ1) is 14.2. The van der Waals surface area contributed by atoms with Crippen LogP contribution >= 0.6 is 0 Å². The summed E-state index contributed by atoms with van der Waals surface area (Å²) < 4.78 is 19.8. The molecule has 0 radical (unpaired) electrons. The van der Waals surface area contributed by atoms with Gasteiger partial charge in [0.05, 0.1) is 36.5 Å². The van der Waals surface area contributed by atoms with Crippen LogP contribution in [0.1, 0.15) is 42.0 Å². The molecule has 2 aliphatic rings. The smallest absolute Gasteiger partial charge is 0.184 e. The highest BCUT2D eigenvalue weighted by atomic mass is 16.7. The molecule has 5 rings (SSSR count). The maximum absolute atomic E-state index is 6.34. The highest BCUT2D eigenvalue weighted by Gasteiger charge is 2.42. The molecule has 2 fully saturated rings. The number of ether oxygens (including phenoxy) is 3. The number of nitrogens with zero attached hydrogens (tertiary/aromatic N) is 3. The summed E-state index contributed by atoms with van der Waals surface area (Å²) in [6.45, 7) is 2.66. The van der Waals surface area contributed by atoms with Crippen molar-refractivity contribution in [3.05, 3.63) is 53.6 Å². The van der Waals surface area contributed by atoms with Crippen molar-refractivity contribution in [1.82, 2.24) is 14.5 Å². The van der Waals surface area contributed by atoms with Crippen LogP contribution in [0.15, 0.2) is 36.8 Å². The molecule has 6 nitrogen and oxygen atoms in total. The van der Waals surface area contributed by atoms with Crippen molar-refractivity contribution in [1.29, 1.82) is 0 Å². The number of terminal acetylenes is 1. The monoisotopic (exact) mass is 389 g/mol. The predicted molar refractivity (Wildman–Crippen MR) is 109 cm³/mol. The zero-order valence-electron chi connectivity index (χ0n) is 16.5. The van der Waals surface area contributed by atoms with Crippen LogP contribution in [0.5, 0.6) is 5.75 Å². The molecule has 6 heteroatoms. The van der Waals surface area contributed by atoms with E-state index < -0.39 is 0 Å². The lowest BCUT2D eigenvalue weighted by Gasteiger charge is -2.32. The molecule has 0 N–H and O–H groups in total. The number of hydrogen-bond acceptors (Lipinski definition) is 5. The van der Waals surface area contributed by atoms with E-state index in [0.29, 0.717) is 12.5 Å². The highest BCUT2D eigenvalue weighted by Crippen LogP contribution is 2.44. The molecule has 0 spiro atoms. The van der Waals surface area contributed by atoms with Crippen LogP contribution in [0, 0.1) is 25.2 Å². The minimum atomic E-state index is -0.340. The predicted octanol–water partition coefficient (Wildman–Crippen LogP) is 3.79. The minimum absolute atomic E-state index is 0.149. The quantitative estimate of drug-likeness (QED) is 0.638. The van der Waals surface area contributed by atoms with Gasteiger partial charge in [-0.3, -0.25) is 0 Å². The van der Waals surface area contributed by atoms with E-state index in [1.54, 1.807) is 13.4 Å². The first-order valence-corrected chi connectivity index (χ1v) is 9.87. The third-order valence-electron chi connectivity index (χ3n) is 6.10. The van der Waals surface area contributed by atoms with Gasteiger partial charge in [-0.25, -0.2) is 9.97 Å². The number of methoxy groups -OCH3 is 1. The molecule has 1 unspecified atom stereocenters. The van der Waals surface area contributed by atoms with Gasteiger partial charge in [0.25, 0.3) is 0 Å². The SMILES string of the molecule is C#Cc1cn([C@@H]2C[C@H]3COC(c4ccc(OC)cc4)O[C@H]3C2)c2ncnc(C)c12. The Morgan fingerprint density at radius 3 is 2.79 bits per heavy atom. The summed E-state index contributed by atoms with van der Waals surface area (Å²) in [6, 6.07) is 8.13.